The minimum absolute atomic E-state index is 0.000775. The standard InChI is InChI=1S/C27H32N2O3/c1-4-18-5-7-19(8-6-18)21-9-10-22-23(15-21)31-17-27(2,3)25(22)28-26(30)32-24-16-29-13-11-20(24)12-14-29/h4-10,15,20,24-25H,1,11-14,16-17H2,2-3H3,(H,28,30)/t24-,25?/m1/s1. The van der Waals surface area contributed by atoms with Crippen LogP contribution in [0.2, 0.25) is 0 Å². The quantitative estimate of drug-likeness (QED) is 0.714. The summed E-state index contributed by atoms with van der Waals surface area (Å²) in [5.41, 5.74) is 4.06. The van der Waals surface area contributed by atoms with Gasteiger partial charge < -0.3 is 14.8 Å². The summed E-state index contributed by atoms with van der Waals surface area (Å²) in [6.07, 6.45) is 3.77. The molecular formula is C27H32N2O3. The van der Waals surface area contributed by atoms with Crippen molar-refractivity contribution in [3.63, 3.8) is 0 Å². The van der Waals surface area contributed by atoms with Crippen LogP contribution in [0.15, 0.2) is 49.0 Å². The number of carbonyl (C=O) groups excluding carboxylic acids is 1. The molecule has 1 unspecified atom stereocenters. The van der Waals surface area contributed by atoms with Gasteiger partial charge in [0.05, 0.1) is 12.6 Å². The van der Waals surface area contributed by atoms with E-state index in [1.54, 1.807) is 0 Å². The highest BCUT2D eigenvalue weighted by Gasteiger charge is 2.41. The van der Waals surface area contributed by atoms with Gasteiger partial charge in [-0.1, -0.05) is 62.9 Å². The third-order valence-corrected chi connectivity index (χ3v) is 7.30. The molecule has 2 aromatic carbocycles. The Morgan fingerprint density at radius 2 is 1.88 bits per heavy atom. The highest BCUT2D eigenvalue weighted by Crippen LogP contribution is 2.44. The van der Waals surface area contributed by atoms with E-state index in [0.29, 0.717) is 12.5 Å². The van der Waals surface area contributed by atoms with Crippen LogP contribution < -0.4 is 10.1 Å². The number of ether oxygens (including phenoxy) is 2. The number of fused-ring (bicyclic) bond motifs is 4. The number of amides is 1. The number of nitrogens with one attached hydrogen (secondary N) is 1. The molecule has 0 saturated carbocycles. The Labute approximate surface area is 190 Å². The predicted octanol–water partition coefficient (Wildman–Crippen LogP) is 5.28. The van der Waals surface area contributed by atoms with Crippen molar-refractivity contribution in [2.24, 2.45) is 11.3 Å². The Balaban J connectivity index is 1.34. The molecule has 0 radical (unpaired) electrons. The first kappa shape index (κ1) is 21.1. The SMILES string of the molecule is C=Cc1ccc(-c2ccc3c(c2)OCC(C)(C)C3NC(=O)O[C@@H]2CN3CCC2CC3)cc1. The summed E-state index contributed by atoms with van der Waals surface area (Å²) in [5, 5.41) is 3.18. The average Bonchev–Trinajstić information content (AvgIpc) is 2.81. The van der Waals surface area contributed by atoms with Gasteiger partial charge in [-0.25, -0.2) is 4.79 Å². The highest BCUT2D eigenvalue weighted by molar-refractivity contribution is 5.71. The van der Waals surface area contributed by atoms with Crippen LogP contribution in [0.1, 0.15) is 43.9 Å². The fourth-order valence-corrected chi connectivity index (χ4v) is 5.26. The Kier molecular flexibility index (Phi) is 5.46. The van der Waals surface area contributed by atoms with Gasteiger partial charge in [0.15, 0.2) is 0 Å². The molecule has 4 aliphatic heterocycles. The van der Waals surface area contributed by atoms with Crippen LogP contribution in [0.5, 0.6) is 5.75 Å². The third-order valence-electron chi connectivity index (χ3n) is 7.30. The van der Waals surface area contributed by atoms with Gasteiger partial charge in [-0.15, -0.1) is 0 Å². The van der Waals surface area contributed by atoms with Crippen molar-refractivity contribution in [1.82, 2.24) is 10.2 Å². The first-order valence-corrected chi connectivity index (χ1v) is 11.6. The highest BCUT2D eigenvalue weighted by atomic mass is 16.6. The van der Waals surface area contributed by atoms with Gasteiger partial charge in [0.1, 0.15) is 11.9 Å². The van der Waals surface area contributed by atoms with Crippen molar-refractivity contribution in [2.45, 2.75) is 38.8 Å². The molecule has 168 valence electrons. The molecule has 2 aromatic rings. The summed E-state index contributed by atoms with van der Waals surface area (Å²) >= 11 is 0. The fraction of sp³-hybridized carbons (Fsp3) is 0.444. The van der Waals surface area contributed by atoms with Crippen LogP contribution in [-0.2, 0) is 4.74 Å². The lowest BCUT2D eigenvalue weighted by Crippen LogP contribution is -2.53. The van der Waals surface area contributed by atoms with E-state index in [-0.39, 0.29) is 23.7 Å². The van der Waals surface area contributed by atoms with E-state index in [2.05, 4.69) is 73.1 Å². The molecule has 0 aromatic heterocycles. The number of hydrogen-bond donors (Lipinski definition) is 1. The second kappa shape index (κ2) is 8.28. The number of nitrogens with zero attached hydrogens (tertiary/aromatic N) is 1. The van der Waals surface area contributed by atoms with Gasteiger partial charge in [-0.2, -0.15) is 0 Å². The normalized spacial score (nSPS) is 27.7. The van der Waals surface area contributed by atoms with E-state index in [1.165, 1.54) is 0 Å². The minimum atomic E-state index is -0.321. The number of benzene rings is 2. The van der Waals surface area contributed by atoms with Crippen molar-refractivity contribution in [3.8, 4) is 16.9 Å². The van der Waals surface area contributed by atoms with Crippen LogP contribution >= 0.6 is 0 Å². The Morgan fingerprint density at radius 1 is 1.16 bits per heavy atom. The first-order chi connectivity index (χ1) is 15.4. The zero-order chi connectivity index (χ0) is 22.3. The lowest BCUT2D eigenvalue weighted by atomic mass is 9.78. The van der Waals surface area contributed by atoms with Gasteiger partial charge in [0.2, 0.25) is 0 Å². The maximum absolute atomic E-state index is 12.9. The van der Waals surface area contributed by atoms with E-state index in [4.69, 9.17) is 9.47 Å². The summed E-state index contributed by atoms with van der Waals surface area (Å²) in [7, 11) is 0. The second-order valence-corrected chi connectivity index (χ2v) is 10.0. The van der Waals surface area contributed by atoms with Crippen molar-refractivity contribution in [1.29, 1.82) is 0 Å². The fourth-order valence-electron chi connectivity index (χ4n) is 5.26. The van der Waals surface area contributed by atoms with E-state index >= 15 is 0 Å². The molecule has 2 atom stereocenters. The molecule has 4 heterocycles. The maximum atomic E-state index is 12.9. The molecule has 2 bridgehead atoms. The van der Waals surface area contributed by atoms with E-state index in [9.17, 15) is 4.79 Å². The average molecular weight is 433 g/mol. The van der Waals surface area contributed by atoms with Crippen LogP contribution in [0.3, 0.4) is 0 Å². The zero-order valence-electron chi connectivity index (χ0n) is 19.0. The van der Waals surface area contributed by atoms with E-state index in [1.807, 2.05) is 6.08 Å². The smallest absolute Gasteiger partial charge is 0.407 e. The maximum Gasteiger partial charge on any atom is 0.407 e. The zero-order valence-corrected chi connectivity index (χ0v) is 19.0. The molecule has 32 heavy (non-hydrogen) atoms. The molecular weight excluding hydrogens is 400 g/mol. The third kappa shape index (κ3) is 4.02. The number of carbonyl (C=O) groups is 1. The van der Waals surface area contributed by atoms with Gasteiger partial charge in [-0.3, -0.25) is 4.90 Å². The number of hydrogen-bond acceptors (Lipinski definition) is 4. The lowest BCUT2D eigenvalue weighted by molar-refractivity contribution is -0.0361. The van der Waals surface area contributed by atoms with Gasteiger partial charge in [0, 0.05) is 17.5 Å². The molecule has 0 spiro atoms. The van der Waals surface area contributed by atoms with Gasteiger partial charge >= 0.3 is 6.09 Å². The van der Waals surface area contributed by atoms with Crippen LogP contribution in [0.4, 0.5) is 4.79 Å². The Morgan fingerprint density at radius 3 is 2.53 bits per heavy atom. The summed E-state index contributed by atoms with van der Waals surface area (Å²) in [5.74, 6) is 1.32. The molecule has 3 saturated heterocycles. The summed E-state index contributed by atoms with van der Waals surface area (Å²) in [6.45, 7) is 11.7. The van der Waals surface area contributed by atoms with Crippen molar-refractivity contribution in [3.05, 3.63) is 60.2 Å². The monoisotopic (exact) mass is 432 g/mol. The Bertz CT molecular complexity index is 1010. The number of piperidine rings is 3. The second-order valence-electron chi connectivity index (χ2n) is 10.0. The lowest BCUT2D eigenvalue weighted by Gasteiger charge is -2.44. The van der Waals surface area contributed by atoms with Crippen LogP contribution in [0, 0.1) is 11.3 Å². The first-order valence-electron chi connectivity index (χ1n) is 11.6. The minimum Gasteiger partial charge on any atom is -0.493 e. The molecule has 0 aliphatic carbocycles. The van der Waals surface area contributed by atoms with Gasteiger partial charge in [0.25, 0.3) is 0 Å². The summed E-state index contributed by atoms with van der Waals surface area (Å²) in [6, 6.07) is 14.4. The van der Waals surface area contributed by atoms with Gasteiger partial charge in [-0.05, 0) is 54.6 Å². The Hall–Kier alpha value is -2.79. The molecule has 3 fully saturated rings. The predicted molar refractivity (Wildman–Crippen MR) is 127 cm³/mol. The molecule has 6 rings (SSSR count). The van der Waals surface area contributed by atoms with E-state index < -0.39 is 0 Å². The molecule has 5 nitrogen and oxygen atoms in total. The summed E-state index contributed by atoms with van der Waals surface area (Å²) in [4.78, 5) is 15.3. The molecule has 1 N–H and O–H groups in total. The molecule has 5 heteroatoms. The molecule has 1 amide bonds. The topological polar surface area (TPSA) is 50.8 Å². The molecule has 4 aliphatic rings. The largest absolute Gasteiger partial charge is 0.493 e. The van der Waals surface area contributed by atoms with Crippen LogP contribution in [-0.4, -0.2) is 43.3 Å². The summed E-state index contributed by atoms with van der Waals surface area (Å²) < 4.78 is 12.0. The van der Waals surface area contributed by atoms with Crippen molar-refractivity contribution < 1.29 is 14.3 Å². The van der Waals surface area contributed by atoms with Crippen molar-refractivity contribution in [2.75, 3.05) is 26.2 Å². The van der Waals surface area contributed by atoms with Crippen molar-refractivity contribution >= 4 is 12.2 Å². The van der Waals surface area contributed by atoms with Crippen LogP contribution in [0.25, 0.3) is 17.2 Å². The number of alkyl carbamates (subject to hydrolysis) is 1. The number of rotatable bonds is 4. The van der Waals surface area contributed by atoms with E-state index in [0.717, 1.165) is 60.5 Å².